The molecule has 0 aromatic heterocycles. The van der Waals surface area contributed by atoms with Gasteiger partial charge in [-0.05, 0) is 33.1 Å². The fraction of sp³-hybridized carbons (Fsp3) is 0.464. The first kappa shape index (κ1) is 26.3. The first-order valence-corrected chi connectivity index (χ1v) is 12.0. The number of carbonyl (C=O) groups excluding carboxylic acids is 2. The van der Waals surface area contributed by atoms with Crippen LogP contribution in [0, 0.1) is 10.8 Å². The molecule has 0 fully saturated rings. The molecule has 2 amide bonds. The molecule has 0 spiro atoms. The Bertz CT molecular complexity index is 1040. The van der Waals surface area contributed by atoms with E-state index in [1.807, 2.05) is 58.9 Å². The van der Waals surface area contributed by atoms with Crippen molar-refractivity contribution in [3.05, 3.63) is 59.7 Å². The minimum atomic E-state index is -0.957. The number of carboxylic acid groups (broad SMARTS) is 1. The van der Waals surface area contributed by atoms with Crippen LogP contribution in [0.25, 0.3) is 11.1 Å². The summed E-state index contributed by atoms with van der Waals surface area (Å²) in [5.74, 6) is -1.22. The molecule has 0 heterocycles. The molecule has 188 valence electrons. The molecule has 3 rings (SSSR count). The maximum atomic E-state index is 12.6. The summed E-state index contributed by atoms with van der Waals surface area (Å²) in [5, 5.41) is 14.8. The number of aliphatic carboxylic acids is 1. The number of fused-ring (bicyclic) bond motifs is 3. The van der Waals surface area contributed by atoms with Crippen molar-refractivity contribution in [1.29, 1.82) is 0 Å². The lowest BCUT2D eigenvalue weighted by Crippen LogP contribution is -2.47. The summed E-state index contributed by atoms with van der Waals surface area (Å²) in [4.78, 5) is 36.3. The third kappa shape index (κ3) is 6.84. The van der Waals surface area contributed by atoms with Gasteiger partial charge in [-0.25, -0.2) is 4.79 Å². The number of carboxylic acids is 1. The van der Waals surface area contributed by atoms with E-state index in [4.69, 9.17) is 9.84 Å². The van der Waals surface area contributed by atoms with E-state index in [1.165, 1.54) is 11.1 Å². The van der Waals surface area contributed by atoms with Crippen LogP contribution < -0.4 is 10.6 Å². The zero-order chi connectivity index (χ0) is 25.8. The van der Waals surface area contributed by atoms with E-state index in [-0.39, 0.29) is 37.8 Å². The Kier molecular flexibility index (Phi) is 7.88. The Morgan fingerprint density at radius 3 is 2.00 bits per heavy atom. The second-order valence-electron chi connectivity index (χ2n) is 11.1. The number of alkyl carbamates (subject to hydrolysis) is 1. The third-order valence-electron chi connectivity index (χ3n) is 6.45. The molecule has 7 nitrogen and oxygen atoms in total. The van der Waals surface area contributed by atoms with E-state index >= 15 is 0 Å². The van der Waals surface area contributed by atoms with Crippen molar-refractivity contribution in [2.75, 3.05) is 13.2 Å². The summed E-state index contributed by atoms with van der Waals surface area (Å²) >= 11 is 0. The second kappa shape index (κ2) is 10.5. The lowest BCUT2D eigenvalue weighted by Gasteiger charge is -2.32. The van der Waals surface area contributed by atoms with Gasteiger partial charge in [0, 0.05) is 24.9 Å². The van der Waals surface area contributed by atoms with Crippen LogP contribution >= 0.6 is 0 Å². The molecule has 1 atom stereocenters. The fourth-order valence-electron chi connectivity index (χ4n) is 4.45. The maximum Gasteiger partial charge on any atom is 0.407 e. The predicted octanol–water partition coefficient (Wildman–Crippen LogP) is 4.95. The lowest BCUT2D eigenvalue weighted by molar-refractivity contribution is -0.138. The zero-order valence-corrected chi connectivity index (χ0v) is 21.2. The number of benzene rings is 2. The van der Waals surface area contributed by atoms with E-state index in [0.717, 1.165) is 11.1 Å². The normalized spacial score (nSPS) is 14.0. The number of ether oxygens (including phenoxy) is 1. The number of hydrogen-bond donors (Lipinski definition) is 3. The smallest absolute Gasteiger partial charge is 0.407 e. The van der Waals surface area contributed by atoms with Gasteiger partial charge in [0.1, 0.15) is 6.61 Å². The average Bonchev–Trinajstić information content (AvgIpc) is 3.08. The van der Waals surface area contributed by atoms with Crippen molar-refractivity contribution >= 4 is 18.0 Å². The first-order valence-electron chi connectivity index (χ1n) is 12.0. The van der Waals surface area contributed by atoms with E-state index in [9.17, 15) is 14.4 Å². The Balaban J connectivity index is 1.52. The van der Waals surface area contributed by atoms with Gasteiger partial charge < -0.3 is 20.5 Å². The van der Waals surface area contributed by atoms with Crippen molar-refractivity contribution in [2.45, 2.75) is 59.4 Å². The van der Waals surface area contributed by atoms with Crippen molar-refractivity contribution in [3.63, 3.8) is 0 Å². The van der Waals surface area contributed by atoms with Crippen LogP contribution in [0.5, 0.6) is 0 Å². The van der Waals surface area contributed by atoms with Gasteiger partial charge in [-0.3, -0.25) is 9.59 Å². The quantitative estimate of drug-likeness (QED) is 0.471. The molecule has 0 radical (unpaired) electrons. The molecule has 0 aliphatic heterocycles. The molecule has 2 aromatic rings. The molecule has 7 heteroatoms. The lowest BCUT2D eigenvalue weighted by atomic mass is 9.83. The second-order valence-corrected chi connectivity index (χ2v) is 11.1. The molecular formula is C28H36N2O5. The molecule has 35 heavy (non-hydrogen) atoms. The molecule has 0 bridgehead atoms. The summed E-state index contributed by atoms with van der Waals surface area (Å²) in [7, 11) is 0. The largest absolute Gasteiger partial charge is 0.481 e. The van der Waals surface area contributed by atoms with Crippen LogP contribution in [0.15, 0.2) is 48.5 Å². The minimum Gasteiger partial charge on any atom is -0.481 e. The molecule has 1 unspecified atom stereocenters. The monoisotopic (exact) mass is 480 g/mol. The van der Waals surface area contributed by atoms with Gasteiger partial charge in [0.25, 0.3) is 0 Å². The van der Waals surface area contributed by atoms with Crippen LogP contribution in [0.3, 0.4) is 0 Å². The fourth-order valence-corrected chi connectivity index (χ4v) is 4.45. The van der Waals surface area contributed by atoms with Gasteiger partial charge >= 0.3 is 12.1 Å². The van der Waals surface area contributed by atoms with E-state index in [0.29, 0.717) is 0 Å². The summed E-state index contributed by atoms with van der Waals surface area (Å²) < 4.78 is 5.58. The van der Waals surface area contributed by atoms with Crippen molar-refractivity contribution in [2.24, 2.45) is 10.8 Å². The zero-order valence-electron chi connectivity index (χ0n) is 21.2. The van der Waals surface area contributed by atoms with Crippen molar-refractivity contribution < 1.29 is 24.2 Å². The molecule has 0 saturated carbocycles. The Labute approximate surface area is 207 Å². The first-order chi connectivity index (χ1) is 16.4. The van der Waals surface area contributed by atoms with Crippen molar-refractivity contribution in [1.82, 2.24) is 10.6 Å². The highest BCUT2D eigenvalue weighted by Gasteiger charge is 2.32. The highest BCUT2D eigenvalue weighted by molar-refractivity contribution is 5.79. The van der Waals surface area contributed by atoms with Gasteiger partial charge in [-0.2, -0.15) is 0 Å². The summed E-state index contributed by atoms with van der Waals surface area (Å²) in [6.45, 7) is 9.90. The molecule has 2 aromatic carbocycles. The van der Waals surface area contributed by atoms with E-state index in [2.05, 4.69) is 34.9 Å². The third-order valence-corrected chi connectivity index (χ3v) is 6.45. The Morgan fingerprint density at radius 2 is 1.49 bits per heavy atom. The van der Waals surface area contributed by atoms with E-state index in [1.54, 1.807) is 0 Å². The molecule has 1 aliphatic rings. The summed E-state index contributed by atoms with van der Waals surface area (Å²) in [6.07, 6.45) is -0.532. The highest BCUT2D eigenvalue weighted by Crippen LogP contribution is 2.44. The van der Waals surface area contributed by atoms with Crippen LogP contribution in [-0.4, -0.2) is 42.3 Å². The summed E-state index contributed by atoms with van der Waals surface area (Å²) in [6, 6.07) is 15.8. The predicted molar refractivity (Wildman–Crippen MR) is 135 cm³/mol. The average molecular weight is 481 g/mol. The molecule has 1 aliphatic carbocycles. The Morgan fingerprint density at radius 1 is 0.943 bits per heavy atom. The number of rotatable bonds is 9. The number of nitrogens with one attached hydrogen (secondary N) is 2. The summed E-state index contributed by atoms with van der Waals surface area (Å²) in [5.41, 5.74) is 3.70. The van der Waals surface area contributed by atoms with Gasteiger partial charge in [0.05, 0.1) is 6.42 Å². The van der Waals surface area contributed by atoms with Gasteiger partial charge in [-0.15, -0.1) is 0 Å². The Hall–Kier alpha value is -3.35. The number of hydrogen-bond acceptors (Lipinski definition) is 4. The molecular weight excluding hydrogens is 444 g/mol. The number of carbonyl (C=O) groups is 3. The molecule has 3 N–H and O–H groups in total. The van der Waals surface area contributed by atoms with Crippen LogP contribution in [0.4, 0.5) is 4.79 Å². The van der Waals surface area contributed by atoms with Gasteiger partial charge in [-0.1, -0.05) is 83.1 Å². The topological polar surface area (TPSA) is 105 Å². The highest BCUT2D eigenvalue weighted by atomic mass is 16.5. The van der Waals surface area contributed by atoms with Gasteiger partial charge in [0.2, 0.25) is 5.91 Å². The van der Waals surface area contributed by atoms with Crippen LogP contribution in [0.2, 0.25) is 0 Å². The molecule has 0 saturated heterocycles. The van der Waals surface area contributed by atoms with Crippen LogP contribution in [-0.2, 0) is 14.3 Å². The maximum absolute atomic E-state index is 12.6. The van der Waals surface area contributed by atoms with E-state index < -0.39 is 28.9 Å². The van der Waals surface area contributed by atoms with Gasteiger partial charge in [0.15, 0.2) is 0 Å². The SMILES string of the molecule is CC(C)(CNC(=O)OCC1c2ccccc2-c2ccccc21)CC(=O)NC(CC(=O)O)C(C)(C)C. The standard InChI is InChI=1S/C28H36N2O5/c1-27(2,3)23(14-25(32)33)30-24(31)15-28(4,5)17-29-26(34)35-16-22-20-12-8-6-10-18(20)19-11-7-9-13-21(19)22/h6-13,22-23H,14-17H2,1-5H3,(H,29,34)(H,30,31)(H,32,33). The van der Waals surface area contributed by atoms with Crippen LogP contribution in [0.1, 0.15) is 64.5 Å². The van der Waals surface area contributed by atoms with Crippen molar-refractivity contribution in [3.8, 4) is 11.1 Å². The minimum absolute atomic E-state index is 0.0181. The number of amides is 2.